The summed E-state index contributed by atoms with van der Waals surface area (Å²) in [6.45, 7) is 2.05. The monoisotopic (exact) mass is 253 g/mol. The Balaban J connectivity index is 2.77. The number of hydrogen-bond acceptors (Lipinski definition) is 3. The van der Waals surface area contributed by atoms with Crippen LogP contribution in [0, 0.1) is 5.82 Å². The van der Waals surface area contributed by atoms with Crippen LogP contribution in [0.3, 0.4) is 0 Å². The molecule has 0 saturated heterocycles. The van der Waals surface area contributed by atoms with E-state index in [0.29, 0.717) is 21.6 Å². The van der Waals surface area contributed by atoms with Crippen molar-refractivity contribution < 1.29 is 4.39 Å². The number of fused-ring (bicyclic) bond motifs is 1. The lowest BCUT2D eigenvalue weighted by molar-refractivity contribution is 0.639. The normalized spacial score (nSPS) is 10.8. The van der Waals surface area contributed by atoms with Gasteiger partial charge in [0.05, 0.1) is 21.6 Å². The molecule has 0 aliphatic heterocycles. The van der Waals surface area contributed by atoms with Crippen molar-refractivity contribution in [3.05, 3.63) is 34.7 Å². The molecule has 1 aromatic carbocycles. The van der Waals surface area contributed by atoms with Crippen molar-refractivity contribution in [2.24, 2.45) is 5.84 Å². The van der Waals surface area contributed by atoms with Crippen LogP contribution >= 0.6 is 11.6 Å². The minimum absolute atomic E-state index is 0.333. The summed E-state index contributed by atoms with van der Waals surface area (Å²) >= 11 is 6.03. The molecule has 0 fully saturated rings. The molecule has 2 aromatic rings. The maximum absolute atomic E-state index is 13.7. The molecule has 0 radical (unpaired) electrons. The molecular weight excluding hydrogens is 241 g/mol. The Morgan fingerprint density at radius 2 is 2.24 bits per heavy atom. The second-order valence-corrected chi connectivity index (χ2v) is 4.22. The largest absolute Gasteiger partial charge is 0.323 e. The number of halogens is 2. The van der Waals surface area contributed by atoms with E-state index in [4.69, 9.17) is 17.4 Å². The third-order valence-electron chi connectivity index (χ3n) is 2.58. The van der Waals surface area contributed by atoms with E-state index in [2.05, 4.69) is 17.3 Å². The van der Waals surface area contributed by atoms with Gasteiger partial charge in [-0.1, -0.05) is 24.9 Å². The van der Waals surface area contributed by atoms with E-state index in [0.717, 1.165) is 18.5 Å². The number of pyridine rings is 1. The molecule has 17 heavy (non-hydrogen) atoms. The van der Waals surface area contributed by atoms with Crippen molar-refractivity contribution in [3.8, 4) is 0 Å². The first-order valence-electron chi connectivity index (χ1n) is 5.41. The molecule has 90 valence electrons. The number of nitrogens with one attached hydrogen (secondary N) is 1. The molecule has 0 saturated carbocycles. The van der Waals surface area contributed by atoms with E-state index in [1.165, 1.54) is 12.1 Å². The SMILES string of the molecule is CCCc1cc(NN)c2c(F)ccc(Cl)c2n1. The van der Waals surface area contributed by atoms with Gasteiger partial charge in [0.2, 0.25) is 0 Å². The Labute approximate surface area is 104 Å². The summed E-state index contributed by atoms with van der Waals surface area (Å²) in [4.78, 5) is 4.37. The summed E-state index contributed by atoms with van der Waals surface area (Å²) in [5.74, 6) is 5.03. The fourth-order valence-electron chi connectivity index (χ4n) is 1.82. The first kappa shape index (κ1) is 12.1. The zero-order valence-electron chi connectivity index (χ0n) is 9.43. The van der Waals surface area contributed by atoms with E-state index in [1.807, 2.05) is 0 Å². The van der Waals surface area contributed by atoms with E-state index in [9.17, 15) is 4.39 Å². The maximum Gasteiger partial charge on any atom is 0.134 e. The van der Waals surface area contributed by atoms with Crippen LogP contribution in [0.4, 0.5) is 10.1 Å². The number of anilines is 1. The van der Waals surface area contributed by atoms with Gasteiger partial charge in [0, 0.05) is 5.69 Å². The highest BCUT2D eigenvalue weighted by atomic mass is 35.5. The second kappa shape index (κ2) is 4.85. The molecule has 3 nitrogen and oxygen atoms in total. The molecular formula is C12H13ClFN3. The Morgan fingerprint density at radius 1 is 1.47 bits per heavy atom. The Hall–Kier alpha value is -1.39. The molecule has 0 aliphatic rings. The molecule has 3 N–H and O–H groups in total. The van der Waals surface area contributed by atoms with Crippen LogP contribution in [-0.4, -0.2) is 4.98 Å². The number of hydrogen-bond donors (Lipinski definition) is 2. The highest BCUT2D eigenvalue weighted by Gasteiger charge is 2.12. The van der Waals surface area contributed by atoms with E-state index in [1.54, 1.807) is 6.07 Å². The number of rotatable bonds is 3. The van der Waals surface area contributed by atoms with Crippen LogP contribution in [0.5, 0.6) is 0 Å². The van der Waals surface area contributed by atoms with E-state index < -0.39 is 0 Å². The second-order valence-electron chi connectivity index (χ2n) is 3.81. The number of aryl methyl sites for hydroxylation is 1. The minimum atomic E-state index is -0.382. The van der Waals surface area contributed by atoms with Crippen LogP contribution in [0.15, 0.2) is 18.2 Å². The maximum atomic E-state index is 13.7. The standard InChI is InChI=1S/C12H13ClFN3/c1-2-3-7-6-10(17-15)11-9(14)5-4-8(13)12(11)16-7/h4-6H,2-3,15H2,1H3,(H,16,17). The lowest BCUT2D eigenvalue weighted by atomic mass is 10.1. The predicted molar refractivity (Wildman–Crippen MR) is 68.5 cm³/mol. The van der Waals surface area contributed by atoms with E-state index in [-0.39, 0.29) is 5.82 Å². The predicted octanol–water partition coefficient (Wildman–Crippen LogP) is 3.27. The van der Waals surface area contributed by atoms with Gasteiger partial charge in [0.15, 0.2) is 0 Å². The van der Waals surface area contributed by atoms with Gasteiger partial charge >= 0.3 is 0 Å². The molecule has 0 aliphatic carbocycles. The number of aromatic nitrogens is 1. The Bertz CT molecular complexity index is 557. The van der Waals surface area contributed by atoms with Crippen molar-refractivity contribution in [2.75, 3.05) is 5.43 Å². The molecule has 0 unspecified atom stereocenters. The van der Waals surface area contributed by atoms with Gasteiger partial charge in [0.1, 0.15) is 5.82 Å². The average molecular weight is 254 g/mol. The third kappa shape index (κ3) is 2.18. The van der Waals surface area contributed by atoms with Crippen LogP contribution in [0.2, 0.25) is 5.02 Å². The van der Waals surface area contributed by atoms with Crippen molar-refractivity contribution in [1.29, 1.82) is 0 Å². The topological polar surface area (TPSA) is 50.9 Å². The van der Waals surface area contributed by atoms with Crippen molar-refractivity contribution in [2.45, 2.75) is 19.8 Å². The molecule has 0 atom stereocenters. The highest BCUT2D eigenvalue weighted by Crippen LogP contribution is 2.30. The number of hydrazine groups is 1. The fourth-order valence-corrected chi connectivity index (χ4v) is 2.02. The van der Waals surface area contributed by atoms with Gasteiger partial charge in [-0.25, -0.2) is 4.39 Å². The smallest absolute Gasteiger partial charge is 0.134 e. The first-order valence-corrected chi connectivity index (χ1v) is 5.79. The molecule has 0 amide bonds. The summed E-state index contributed by atoms with van der Waals surface area (Å²) < 4.78 is 13.7. The third-order valence-corrected chi connectivity index (χ3v) is 2.88. The van der Waals surface area contributed by atoms with Crippen LogP contribution in [-0.2, 0) is 6.42 Å². The molecule has 0 spiro atoms. The minimum Gasteiger partial charge on any atom is -0.323 e. The summed E-state index contributed by atoms with van der Waals surface area (Å²) in [7, 11) is 0. The van der Waals surface area contributed by atoms with Gasteiger partial charge in [0.25, 0.3) is 0 Å². The number of nitrogens with zero attached hydrogens (tertiary/aromatic N) is 1. The summed E-state index contributed by atoms with van der Waals surface area (Å²) in [5, 5.41) is 0.760. The zero-order valence-corrected chi connectivity index (χ0v) is 10.2. The first-order chi connectivity index (χ1) is 8.17. The molecule has 1 heterocycles. The lowest BCUT2D eigenvalue weighted by Crippen LogP contribution is -2.09. The molecule has 0 bridgehead atoms. The molecule has 5 heteroatoms. The number of nitrogens with two attached hydrogens (primary N) is 1. The van der Waals surface area contributed by atoms with Gasteiger partial charge in [-0.15, -0.1) is 0 Å². The lowest BCUT2D eigenvalue weighted by Gasteiger charge is -2.10. The van der Waals surface area contributed by atoms with Gasteiger partial charge in [-0.2, -0.15) is 0 Å². The van der Waals surface area contributed by atoms with Crippen LogP contribution in [0.1, 0.15) is 19.0 Å². The average Bonchev–Trinajstić information content (AvgIpc) is 2.33. The van der Waals surface area contributed by atoms with Crippen LogP contribution in [0.25, 0.3) is 10.9 Å². The van der Waals surface area contributed by atoms with E-state index >= 15 is 0 Å². The fraction of sp³-hybridized carbons (Fsp3) is 0.250. The summed E-state index contributed by atoms with van der Waals surface area (Å²) in [6.07, 6.45) is 1.76. The zero-order chi connectivity index (χ0) is 12.4. The van der Waals surface area contributed by atoms with Crippen molar-refractivity contribution >= 4 is 28.2 Å². The summed E-state index contributed by atoms with van der Waals surface area (Å²) in [5.41, 5.74) is 4.31. The van der Waals surface area contributed by atoms with Crippen LogP contribution < -0.4 is 11.3 Å². The number of benzene rings is 1. The van der Waals surface area contributed by atoms with Gasteiger partial charge in [-0.3, -0.25) is 10.8 Å². The van der Waals surface area contributed by atoms with Gasteiger partial charge in [-0.05, 0) is 24.6 Å². The molecule has 1 aromatic heterocycles. The molecule has 2 rings (SSSR count). The Kier molecular flexibility index (Phi) is 3.45. The highest BCUT2D eigenvalue weighted by molar-refractivity contribution is 6.35. The van der Waals surface area contributed by atoms with Crippen molar-refractivity contribution in [1.82, 2.24) is 4.98 Å². The van der Waals surface area contributed by atoms with Gasteiger partial charge < -0.3 is 5.43 Å². The quantitative estimate of drug-likeness (QED) is 0.652. The van der Waals surface area contributed by atoms with Crippen molar-refractivity contribution in [3.63, 3.8) is 0 Å². The summed E-state index contributed by atoms with van der Waals surface area (Å²) in [6, 6.07) is 4.57. The number of nitrogen functional groups attached to an aromatic ring is 1. The Morgan fingerprint density at radius 3 is 2.88 bits per heavy atom.